The van der Waals surface area contributed by atoms with Crippen LogP contribution in [0.2, 0.25) is 0 Å². The molecule has 0 radical (unpaired) electrons. The predicted molar refractivity (Wildman–Crippen MR) is 135 cm³/mol. The number of hydrogen-bond donors (Lipinski definition) is 11. The van der Waals surface area contributed by atoms with E-state index in [1.165, 1.54) is 0 Å². The molecular formula is C20H36N2O16S2. The maximum atomic E-state index is 13.1. The molecule has 0 aromatic rings. The van der Waals surface area contributed by atoms with Crippen LogP contribution in [0.15, 0.2) is 0 Å². The van der Waals surface area contributed by atoms with Gasteiger partial charge in [0.15, 0.2) is 12.2 Å². The maximum absolute atomic E-state index is 13.1. The van der Waals surface area contributed by atoms with Gasteiger partial charge in [-0.15, -0.1) is 0 Å². The fraction of sp³-hybridized carbons (Fsp3) is 0.800. The molecule has 0 spiro atoms. The summed E-state index contributed by atoms with van der Waals surface area (Å²) >= 11 is 0. The van der Waals surface area contributed by atoms with E-state index in [-0.39, 0.29) is 10.7 Å². The number of esters is 2. The highest BCUT2D eigenvalue weighted by Crippen LogP contribution is 2.26. The van der Waals surface area contributed by atoms with Crippen LogP contribution in [0.25, 0.3) is 0 Å². The van der Waals surface area contributed by atoms with E-state index in [2.05, 4.69) is 9.47 Å². The first-order chi connectivity index (χ1) is 18.6. The van der Waals surface area contributed by atoms with E-state index in [0.29, 0.717) is 0 Å². The second kappa shape index (κ2) is 18.7. The summed E-state index contributed by atoms with van der Waals surface area (Å²) in [6.45, 7) is -2.24. The Morgan fingerprint density at radius 3 is 1.40 bits per heavy atom. The minimum absolute atomic E-state index is 0.0910. The van der Waals surface area contributed by atoms with Crippen molar-refractivity contribution >= 4 is 45.3 Å². The molecule has 0 bridgehead atoms. The van der Waals surface area contributed by atoms with Crippen molar-refractivity contribution in [3.8, 4) is 0 Å². The van der Waals surface area contributed by atoms with Crippen LogP contribution in [-0.2, 0) is 28.7 Å². The summed E-state index contributed by atoms with van der Waals surface area (Å²) in [5.41, 5.74) is 5.60. The quantitative estimate of drug-likeness (QED) is 0.0383. The fourth-order valence-electron chi connectivity index (χ4n) is 2.88. The Labute approximate surface area is 235 Å². The molecule has 20 heteroatoms. The molecule has 0 saturated heterocycles. The van der Waals surface area contributed by atoms with Gasteiger partial charge in [-0.05, 0) is 0 Å². The zero-order valence-electron chi connectivity index (χ0n) is 21.4. The minimum atomic E-state index is -2.78. The topological polar surface area (TPSA) is 318 Å². The van der Waals surface area contributed by atoms with Crippen molar-refractivity contribution in [1.29, 1.82) is 0 Å². The molecule has 0 saturated carbocycles. The summed E-state index contributed by atoms with van der Waals surface area (Å²) in [7, 11) is 3.54. The normalized spacial score (nSPS) is 19.1. The zero-order chi connectivity index (χ0) is 31.3. The number of methoxy groups -OCH3 is 2. The Morgan fingerprint density at radius 1 is 0.675 bits per heavy atom. The van der Waals surface area contributed by atoms with Crippen LogP contribution in [-0.4, -0.2) is 180 Å². The molecule has 0 aromatic heterocycles. The first-order valence-corrected chi connectivity index (χ1v) is 13.8. The molecule has 0 rings (SSSR count). The van der Waals surface area contributed by atoms with E-state index in [1.54, 1.807) is 0 Å². The molecule has 0 aliphatic carbocycles. The first-order valence-electron chi connectivity index (χ1n) is 11.3. The predicted octanol–water partition coefficient (Wildman–Crippen LogP) is -7.36. The van der Waals surface area contributed by atoms with E-state index in [0.717, 1.165) is 35.8 Å². The van der Waals surface area contributed by atoms with Gasteiger partial charge in [-0.2, -0.15) is 0 Å². The van der Waals surface area contributed by atoms with Gasteiger partial charge in [0.25, 0.3) is 11.8 Å². The number of hydrogen-bond acceptors (Lipinski definition) is 19. The third-order valence-corrected chi connectivity index (χ3v) is 7.77. The molecule has 1 unspecified atom stereocenters. The summed E-state index contributed by atoms with van der Waals surface area (Å²) in [5.74, 6) is -6.49. The van der Waals surface area contributed by atoms with E-state index >= 15 is 0 Å². The van der Waals surface area contributed by atoms with Crippen LogP contribution in [0.1, 0.15) is 0 Å². The molecular weight excluding hydrogens is 588 g/mol. The Bertz CT molecular complexity index is 785. The van der Waals surface area contributed by atoms with Gasteiger partial charge in [0.1, 0.15) is 48.7 Å². The second-order valence-electron chi connectivity index (χ2n) is 8.14. The van der Waals surface area contributed by atoms with Crippen molar-refractivity contribution in [3.05, 3.63) is 0 Å². The summed E-state index contributed by atoms with van der Waals surface area (Å²) in [4.78, 5) is 50.2. The summed E-state index contributed by atoms with van der Waals surface area (Å²) in [6.07, 6.45) is -19.5. The number of carbonyl (C=O) groups is 4. The fourth-order valence-corrected chi connectivity index (χ4v) is 5.17. The van der Waals surface area contributed by atoms with Gasteiger partial charge < -0.3 is 66.3 Å². The number of amides is 2. The highest BCUT2D eigenvalue weighted by atomic mass is 33.1. The number of aliphatic hydroxyl groups excluding tert-OH is 10. The zero-order valence-corrected chi connectivity index (χ0v) is 23.0. The standard InChI is InChI=1S/C20H36N2O16S2/c1-37-19(35)7(21)5-39-40-6-8(20(36)38-2)22(17(33)15(31)13(29)11(27)9(25)3-23)18(34)16(32)14(30)12(28)10(26)4-24/h7-16,23-32H,3-6,21H2,1-2H3/t7?,8-,9+,10+,11+,12+,13-,14-,15+,16+/m0/s1. The van der Waals surface area contributed by atoms with E-state index < -0.39 is 104 Å². The highest BCUT2D eigenvalue weighted by molar-refractivity contribution is 8.76. The lowest BCUT2D eigenvalue weighted by molar-refractivity contribution is -0.178. The van der Waals surface area contributed by atoms with Gasteiger partial charge >= 0.3 is 11.9 Å². The van der Waals surface area contributed by atoms with Gasteiger partial charge in [-0.3, -0.25) is 19.3 Å². The van der Waals surface area contributed by atoms with Gasteiger partial charge in [0.05, 0.1) is 27.4 Å². The highest BCUT2D eigenvalue weighted by Gasteiger charge is 2.47. The third kappa shape index (κ3) is 10.6. The van der Waals surface area contributed by atoms with E-state index in [1.807, 2.05) is 0 Å². The summed E-state index contributed by atoms with van der Waals surface area (Å²) in [6, 6.07) is -3.13. The Kier molecular flexibility index (Phi) is 17.9. The molecule has 0 aliphatic heterocycles. The van der Waals surface area contributed by atoms with Crippen LogP contribution in [0, 0.1) is 0 Å². The van der Waals surface area contributed by atoms with Gasteiger partial charge in [0.2, 0.25) is 0 Å². The van der Waals surface area contributed by atoms with Crippen molar-refractivity contribution in [2.24, 2.45) is 5.73 Å². The van der Waals surface area contributed by atoms with Crippen molar-refractivity contribution in [3.63, 3.8) is 0 Å². The largest absolute Gasteiger partial charge is 0.468 e. The first kappa shape index (κ1) is 38.3. The Balaban J connectivity index is 6.32. The lowest BCUT2D eigenvalue weighted by Gasteiger charge is -2.35. The van der Waals surface area contributed by atoms with Crippen molar-refractivity contribution in [2.45, 2.75) is 60.9 Å². The number of carbonyl (C=O) groups excluding carboxylic acids is 4. The van der Waals surface area contributed by atoms with Crippen LogP contribution in [0.5, 0.6) is 0 Å². The Morgan fingerprint density at radius 2 is 1.05 bits per heavy atom. The van der Waals surface area contributed by atoms with Gasteiger partial charge in [-0.1, -0.05) is 21.6 Å². The number of rotatable bonds is 18. The number of imide groups is 1. The SMILES string of the molecule is COC(=O)C(N)CSSC[C@@H](C(=O)OC)N(C(=O)[C@H](O)[C@@H](O)[C@H](O)[C@H](O)CO)C(=O)[C@H](O)[C@@H](O)[C@H](O)[C@H](O)CO. The molecule has 0 aliphatic rings. The molecule has 234 valence electrons. The lowest BCUT2D eigenvalue weighted by Crippen LogP contribution is -2.62. The molecule has 12 N–H and O–H groups in total. The molecule has 18 nitrogen and oxygen atoms in total. The number of aliphatic hydroxyl groups is 10. The number of ether oxygens (including phenoxy) is 2. The van der Waals surface area contributed by atoms with Gasteiger partial charge in [-0.25, -0.2) is 4.79 Å². The molecule has 40 heavy (non-hydrogen) atoms. The van der Waals surface area contributed by atoms with Crippen molar-refractivity contribution in [2.75, 3.05) is 38.9 Å². The van der Waals surface area contributed by atoms with Crippen molar-refractivity contribution in [1.82, 2.24) is 4.90 Å². The lowest BCUT2D eigenvalue weighted by atomic mass is 9.99. The Hall–Kier alpha value is -1.66. The van der Waals surface area contributed by atoms with Crippen LogP contribution in [0.3, 0.4) is 0 Å². The van der Waals surface area contributed by atoms with E-state index in [9.17, 15) is 60.0 Å². The van der Waals surface area contributed by atoms with Crippen LogP contribution >= 0.6 is 21.6 Å². The van der Waals surface area contributed by atoms with Crippen LogP contribution in [0.4, 0.5) is 0 Å². The molecule has 10 atom stereocenters. The maximum Gasteiger partial charge on any atom is 0.329 e. The molecule has 2 amide bonds. The monoisotopic (exact) mass is 624 g/mol. The van der Waals surface area contributed by atoms with Gasteiger partial charge in [0, 0.05) is 11.5 Å². The summed E-state index contributed by atoms with van der Waals surface area (Å²) < 4.78 is 9.04. The minimum Gasteiger partial charge on any atom is -0.468 e. The number of nitrogens with two attached hydrogens (primary N) is 1. The summed E-state index contributed by atoms with van der Waals surface area (Å²) in [5, 5.41) is 97.7. The third-order valence-electron chi connectivity index (χ3n) is 5.34. The van der Waals surface area contributed by atoms with Crippen LogP contribution < -0.4 is 5.73 Å². The molecule has 0 heterocycles. The average molecular weight is 625 g/mol. The van der Waals surface area contributed by atoms with E-state index in [4.69, 9.17) is 15.9 Å². The molecule has 0 aromatic carbocycles. The smallest absolute Gasteiger partial charge is 0.329 e. The second-order valence-corrected chi connectivity index (χ2v) is 10.7. The number of nitrogens with zero attached hydrogens (tertiary/aromatic N) is 1. The molecule has 0 fully saturated rings. The van der Waals surface area contributed by atoms with Crippen molar-refractivity contribution < 1.29 is 79.7 Å². The average Bonchev–Trinajstić information content (AvgIpc) is 2.97.